The molecular formula is C25H31N4O3+. The molecule has 2 N–H and O–H groups in total. The first kappa shape index (κ1) is 20.9. The van der Waals surface area contributed by atoms with Crippen LogP contribution in [-0.2, 0) is 11.3 Å². The maximum Gasteiger partial charge on any atom is 0.274 e. The molecule has 1 unspecified atom stereocenters. The van der Waals surface area contributed by atoms with Crippen LogP contribution in [0.5, 0.6) is 0 Å². The summed E-state index contributed by atoms with van der Waals surface area (Å²) in [6, 6.07) is 13.4. The summed E-state index contributed by atoms with van der Waals surface area (Å²) in [4.78, 5) is 41.0. The van der Waals surface area contributed by atoms with Gasteiger partial charge in [0.15, 0.2) is 0 Å². The predicted octanol–water partition coefficient (Wildman–Crippen LogP) is 1.11. The highest BCUT2D eigenvalue weighted by atomic mass is 16.2. The van der Waals surface area contributed by atoms with Crippen LogP contribution >= 0.6 is 0 Å². The molecule has 3 atom stereocenters. The summed E-state index contributed by atoms with van der Waals surface area (Å²) in [5.74, 6) is 0.763. The smallest absolute Gasteiger partial charge is 0.274 e. The summed E-state index contributed by atoms with van der Waals surface area (Å²) in [7, 11) is 0. The number of rotatable bonds is 3. The van der Waals surface area contributed by atoms with Crippen LogP contribution in [0.25, 0.3) is 0 Å². The quantitative estimate of drug-likeness (QED) is 0.759. The Kier molecular flexibility index (Phi) is 5.59. The van der Waals surface area contributed by atoms with Crippen molar-refractivity contribution in [2.75, 3.05) is 31.5 Å². The van der Waals surface area contributed by atoms with Crippen LogP contribution in [0.4, 0.5) is 5.69 Å². The highest BCUT2D eigenvalue weighted by Crippen LogP contribution is 2.31. The molecule has 3 aliphatic heterocycles. The van der Waals surface area contributed by atoms with Crippen LogP contribution in [0.1, 0.15) is 48.2 Å². The van der Waals surface area contributed by atoms with Crippen LogP contribution in [-0.4, -0.2) is 53.5 Å². The topological polar surface area (TPSA) is 75.8 Å². The van der Waals surface area contributed by atoms with Gasteiger partial charge >= 0.3 is 0 Å². The second-order valence-electron chi connectivity index (χ2n) is 9.55. The molecule has 2 aromatic rings. The molecule has 2 saturated heterocycles. The lowest BCUT2D eigenvalue weighted by Gasteiger charge is -2.45. The number of piperidine rings is 2. The van der Waals surface area contributed by atoms with Crippen LogP contribution in [0, 0.1) is 5.92 Å². The minimum Gasteiger partial charge on any atom is -0.342 e. The number of amides is 2. The second-order valence-corrected chi connectivity index (χ2v) is 9.55. The van der Waals surface area contributed by atoms with Crippen LogP contribution < -0.4 is 15.8 Å². The number of quaternary nitrogens is 1. The number of anilines is 1. The standard InChI is InChI=1S/C25H30N4O3/c1-17(30)27-11-9-21(10-12-27)28-14-18-13-20(16-28)23-8-7-22(25(32)29(23)15-18)26-24(31)19-5-3-2-4-6-19/h2-8,18,20-21H,9-16H2,1H3,(H,26,31)/p+1/t18-,20+/m0/s1. The third kappa shape index (κ3) is 3.97. The van der Waals surface area contributed by atoms with Crippen molar-refractivity contribution in [3.05, 3.63) is 64.1 Å². The average Bonchev–Trinajstić information content (AvgIpc) is 2.81. The highest BCUT2D eigenvalue weighted by molar-refractivity contribution is 6.04. The van der Waals surface area contributed by atoms with E-state index in [9.17, 15) is 14.4 Å². The van der Waals surface area contributed by atoms with Gasteiger partial charge in [0.2, 0.25) is 5.91 Å². The van der Waals surface area contributed by atoms with Gasteiger partial charge < -0.3 is 19.7 Å². The van der Waals surface area contributed by atoms with Crippen molar-refractivity contribution < 1.29 is 14.5 Å². The molecule has 1 aromatic heterocycles. The summed E-state index contributed by atoms with van der Waals surface area (Å²) >= 11 is 0. The monoisotopic (exact) mass is 435 g/mol. The summed E-state index contributed by atoms with van der Waals surface area (Å²) in [5, 5.41) is 2.81. The van der Waals surface area contributed by atoms with Crippen LogP contribution in [0.3, 0.4) is 0 Å². The Balaban J connectivity index is 1.31. The Bertz CT molecular complexity index is 1070. The third-order valence-corrected chi connectivity index (χ3v) is 7.55. The molecule has 168 valence electrons. The molecule has 2 bridgehead atoms. The van der Waals surface area contributed by atoms with Gasteiger partial charge in [-0.25, -0.2) is 0 Å². The van der Waals surface area contributed by atoms with Gasteiger partial charge in [0.05, 0.1) is 19.1 Å². The second kappa shape index (κ2) is 8.54. The van der Waals surface area contributed by atoms with E-state index in [1.807, 2.05) is 33.7 Å². The molecule has 0 spiro atoms. The van der Waals surface area contributed by atoms with Crippen molar-refractivity contribution in [3.8, 4) is 0 Å². The molecule has 7 nitrogen and oxygen atoms in total. The predicted molar refractivity (Wildman–Crippen MR) is 122 cm³/mol. The molecule has 0 radical (unpaired) electrons. The van der Waals surface area contributed by atoms with Gasteiger partial charge in [-0.15, -0.1) is 0 Å². The molecule has 0 saturated carbocycles. The van der Waals surface area contributed by atoms with E-state index in [0.717, 1.165) is 57.7 Å². The highest BCUT2D eigenvalue weighted by Gasteiger charge is 2.41. The van der Waals surface area contributed by atoms with Crippen molar-refractivity contribution >= 4 is 17.5 Å². The van der Waals surface area contributed by atoms with Crippen molar-refractivity contribution in [2.45, 2.75) is 44.7 Å². The first-order chi connectivity index (χ1) is 15.5. The Labute approximate surface area is 188 Å². The Morgan fingerprint density at radius 2 is 1.78 bits per heavy atom. The zero-order chi connectivity index (χ0) is 22.2. The molecule has 7 heteroatoms. The number of likely N-dealkylation sites (tertiary alicyclic amines) is 2. The largest absolute Gasteiger partial charge is 0.342 e. The van der Waals surface area contributed by atoms with Crippen molar-refractivity contribution in [3.63, 3.8) is 0 Å². The van der Waals surface area contributed by atoms with E-state index in [2.05, 4.69) is 5.32 Å². The Morgan fingerprint density at radius 3 is 2.50 bits per heavy atom. The number of benzene rings is 1. The zero-order valence-electron chi connectivity index (χ0n) is 18.5. The number of carbonyl (C=O) groups excluding carboxylic acids is 2. The summed E-state index contributed by atoms with van der Waals surface area (Å²) < 4.78 is 1.90. The molecule has 32 heavy (non-hydrogen) atoms. The fraction of sp³-hybridized carbons (Fsp3) is 0.480. The lowest BCUT2D eigenvalue weighted by Crippen LogP contribution is -3.18. The van der Waals surface area contributed by atoms with Crippen molar-refractivity contribution in [1.82, 2.24) is 9.47 Å². The van der Waals surface area contributed by atoms with Gasteiger partial charge in [0, 0.05) is 62.5 Å². The number of nitrogens with one attached hydrogen (secondary N) is 2. The van der Waals surface area contributed by atoms with Gasteiger partial charge in [-0.2, -0.15) is 0 Å². The number of nitrogens with zero attached hydrogens (tertiary/aromatic N) is 2. The van der Waals surface area contributed by atoms with E-state index >= 15 is 0 Å². The Morgan fingerprint density at radius 1 is 1.03 bits per heavy atom. The van der Waals surface area contributed by atoms with Gasteiger partial charge in [-0.1, -0.05) is 18.2 Å². The minimum atomic E-state index is -0.258. The van der Waals surface area contributed by atoms with Crippen LogP contribution in [0.15, 0.2) is 47.3 Å². The molecule has 0 aliphatic carbocycles. The van der Waals surface area contributed by atoms with Gasteiger partial charge in [-0.3, -0.25) is 14.4 Å². The van der Waals surface area contributed by atoms with Crippen molar-refractivity contribution in [2.24, 2.45) is 5.92 Å². The summed E-state index contributed by atoms with van der Waals surface area (Å²) in [6.07, 6.45) is 3.25. The number of fused-ring (bicyclic) bond motifs is 4. The molecule has 4 heterocycles. The average molecular weight is 436 g/mol. The number of carbonyl (C=O) groups is 2. The van der Waals surface area contributed by atoms with E-state index in [0.29, 0.717) is 29.1 Å². The minimum absolute atomic E-state index is 0.0975. The lowest BCUT2D eigenvalue weighted by molar-refractivity contribution is -0.937. The molecule has 5 rings (SSSR count). The van der Waals surface area contributed by atoms with E-state index < -0.39 is 0 Å². The molecule has 1 aromatic carbocycles. The molecule has 2 fully saturated rings. The van der Waals surface area contributed by atoms with E-state index in [-0.39, 0.29) is 17.4 Å². The maximum atomic E-state index is 13.2. The summed E-state index contributed by atoms with van der Waals surface area (Å²) in [5.41, 5.74) is 1.90. The van der Waals surface area contributed by atoms with Gasteiger partial charge in [0.25, 0.3) is 11.5 Å². The number of hydrogen-bond acceptors (Lipinski definition) is 3. The number of pyridine rings is 1. The number of aromatic nitrogens is 1. The molecule has 2 amide bonds. The Hall–Kier alpha value is -2.93. The third-order valence-electron chi connectivity index (χ3n) is 7.55. The van der Waals surface area contributed by atoms with Crippen molar-refractivity contribution in [1.29, 1.82) is 0 Å². The molecular weight excluding hydrogens is 404 g/mol. The summed E-state index contributed by atoms with van der Waals surface area (Å²) in [6.45, 7) is 6.21. The molecule has 3 aliphatic rings. The first-order valence-corrected chi connectivity index (χ1v) is 11.7. The van der Waals surface area contributed by atoms with E-state index in [1.165, 1.54) is 0 Å². The normalized spacial score (nSPS) is 25.2. The fourth-order valence-corrected chi connectivity index (χ4v) is 5.91. The van der Waals surface area contributed by atoms with Gasteiger partial charge in [-0.05, 0) is 30.7 Å². The zero-order valence-corrected chi connectivity index (χ0v) is 18.5. The van der Waals surface area contributed by atoms with Crippen LogP contribution in [0.2, 0.25) is 0 Å². The van der Waals surface area contributed by atoms with E-state index in [1.54, 1.807) is 30.0 Å². The first-order valence-electron chi connectivity index (χ1n) is 11.7. The maximum absolute atomic E-state index is 13.2. The SMILES string of the molecule is CC(=O)N1CCC([NH+]2C[C@@H]3C[C@H](C2)c2ccc(NC(=O)c4ccccc4)c(=O)n2C3)CC1. The lowest BCUT2D eigenvalue weighted by atomic mass is 9.82. The fourth-order valence-electron chi connectivity index (χ4n) is 5.91. The van der Waals surface area contributed by atoms with E-state index in [4.69, 9.17) is 0 Å². The number of hydrogen-bond donors (Lipinski definition) is 2. The van der Waals surface area contributed by atoms with Gasteiger partial charge in [0.1, 0.15) is 5.69 Å².